The Morgan fingerprint density at radius 1 is 1.18 bits per heavy atom. The lowest BCUT2D eigenvalue weighted by atomic mass is 9.94. The third-order valence-corrected chi connectivity index (χ3v) is 5.35. The molecule has 4 aromatic rings. The fourth-order valence-corrected chi connectivity index (χ4v) is 3.99. The van der Waals surface area contributed by atoms with Crippen LogP contribution in [-0.2, 0) is 12.8 Å². The van der Waals surface area contributed by atoms with Crippen LogP contribution in [0.4, 0.5) is 0 Å². The molecule has 0 aliphatic heterocycles. The molecule has 28 heavy (non-hydrogen) atoms. The van der Waals surface area contributed by atoms with Crippen LogP contribution < -0.4 is 5.56 Å². The molecule has 0 bridgehead atoms. The van der Waals surface area contributed by atoms with Crippen LogP contribution in [0.2, 0.25) is 0 Å². The second-order valence-electron chi connectivity index (χ2n) is 7.12. The van der Waals surface area contributed by atoms with E-state index in [9.17, 15) is 9.90 Å². The van der Waals surface area contributed by atoms with E-state index in [4.69, 9.17) is 4.42 Å². The fraction of sp³-hybridized carbons (Fsp3) is 0.227. The Hall–Kier alpha value is -3.41. The molecule has 2 heterocycles. The van der Waals surface area contributed by atoms with Crippen LogP contribution in [0.15, 0.2) is 50.7 Å². The van der Waals surface area contributed by atoms with Gasteiger partial charge in [-0.1, -0.05) is 12.1 Å². The standard InChI is InChI=1S/C22H19N3O3/c1-13-24-17-8-4-2-6-14(17)22(27)25(13)23-12-16-18(26)10-11-20-21(16)15-7-3-5-9-19(15)28-20/h2,4,6,8,10-12,26H,3,5,7,9H2,1H3/b23-12-. The largest absolute Gasteiger partial charge is 0.507 e. The Balaban J connectivity index is 1.70. The molecule has 0 radical (unpaired) electrons. The molecule has 0 amide bonds. The predicted octanol–water partition coefficient (Wildman–Crippen LogP) is 3.92. The first-order valence-electron chi connectivity index (χ1n) is 9.42. The maximum absolute atomic E-state index is 12.8. The summed E-state index contributed by atoms with van der Waals surface area (Å²) in [5.41, 5.74) is 2.86. The summed E-state index contributed by atoms with van der Waals surface area (Å²) in [4.78, 5) is 17.3. The van der Waals surface area contributed by atoms with Crippen LogP contribution >= 0.6 is 0 Å². The number of aromatic nitrogens is 2. The molecule has 0 spiro atoms. The normalized spacial score (nSPS) is 14.2. The van der Waals surface area contributed by atoms with Gasteiger partial charge in [0.15, 0.2) is 0 Å². The van der Waals surface area contributed by atoms with Gasteiger partial charge in [0.1, 0.15) is 22.9 Å². The molecule has 0 atom stereocenters. The van der Waals surface area contributed by atoms with Gasteiger partial charge in [-0.2, -0.15) is 9.78 Å². The number of phenols is 1. The highest BCUT2D eigenvalue weighted by molar-refractivity contribution is 6.03. The Kier molecular flexibility index (Phi) is 3.79. The number of nitrogens with zero attached hydrogens (tertiary/aromatic N) is 3. The summed E-state index contributed by atoms with van der Waals surface area (Å²) in [6.07, 6.45) is 5.57. The molecule has 6 heteroatoms. The summed E-state index contributed by atoms with van der Waals surface area (Å²) in [7, 11) is 0. The highest BCUT2D eigenvalue weighted by Crippen LogP contribution is 2.36. The van der Waals surface area contributed by atoms with Gasteiger partial charge in [-0.25, -0.2) is 4.98 Å². The fourth-order valence-electron chi connectivity index (χ4n) is 3.99. The van der Waals surface area contributed by atoms with Crippen molar-refractivity contribution in [3.8, 4) is 5.75 Å². The summed E-state index contributed by atoms with van der Waals surface area (Å²) in [5, 5.41) is 16.3. The van der Waals surface area contributed by atoms with E-state index in [0.717, 1.165) is 48.0 Å². The number of benzene rings is 2. The molecule has 1 aliphatic rings. The topological polar surface area (TPSA) is 80.6 Å². The number of aryl methyl sites for hydroxylation is 3. The molecule has 1 N–H and O–H groups in total. The summed E-state index contributed by atoms with van der Waals surface area (Å²) >= 11 is 0. The molecule has 0 saturated carbocycles. The van der Waals surface area contributed by atoms with Gasteiger partial charge in [-0.05, 0) is 50.5 Å². The number of rotatable bonds is 2. The number of fused-ring (bicyclic) bond motifs is 4. The van der Waals surface area contributed by atoms with Gasteiger partial charge >= 0.3 is 0 Å². The number of furan rings is 1. The zero-order valence-electron chi connectivity index (χ0n) is 15.5. The van der Waals surface area contributed by atoms with Crippen molar-refractivity contribution in [1.82, 2.24) is 9.66 Å². The van der Waals surface area contributed by atoms with E-state index < -0.39 is 0 Å². The molecular weight excluding hydrogens is 354 g/mol. The van der Waals surface area contributed by atoms with Crippen LogP contribution in [0.5, 0.6) is 5.75 Å². The zero-order chi connectivity index (χ0) is 19.3. The molecular formula is C22H19N3O3. The third-order valence-electron chi connectivity index (χ3n) is 5.35. The molecule has 0 saturated heterocycles. The van der Waals surface area contributed by atoms with Gasteiger partial charge in [-0.15, -0.1) is 0 Å². The van der Waals surface area contributed by atoms with Crippen LogP contribution in [0.3, 0.4) is 0 Å². The summed E-state index contributed by atoms with van der Waals surface area (Å²) in [6, 6.07) is 10.6. The van der Waals surface area contributed by atoms with Crippen LogP contribution in [0.25, 0.3) is 21.9 Å². The Morgan fingerprint density at radius 3 is 2.89 bits per heavy atom. The number of phenolic OH excluding ortho intramolecular Hbond substituents is 1. The van der Waals surface area contributed by atoms with Gasteiger partial charge in [0.05, 0.1) is 17.1 Å². The molecule has 0 fully saturated rings. The first-order valence-corrected chi connectivity index (χ1v) is 9.42. The van der Waals surface area contributed by atoms with Gasteiger partial charge in [-0.3, -0.25) is 4.79 Å². The lowest BCUT2D eigenvalue weighted by Crippen LogP contribution is -2.20. The first kappa shape index (κ1) is 16.7. The van der Waals surface area contributed by atoms with Crippen LogP contribution in [-0.4, -0.2) is 21.0 Å². The zero-order valence-corrected chi connectivity index (χ0v) is 15.5. The van der Waals surface area contributed by atoms with Gasteiger partial charge in [0, 0.05) is 22.9 Å². The van der Waals surface area contributed by atoms with E-state index in [-0.39, 0.29) is 11.3 Å². The van der Waals surface area contributed by atoms with E-state index in [1.54, 1.807) is 31.2 Å². The maximum atomic E-state index is 12.8. The molecule has 1 aliphatic carbocycles. The number of para-hydroxylation sites is 1. The Morgan fingerprint density at radius 2 is 2.00 bits per heavy atom. The van der Waals surface area contributed by atoms with Gasteiger partial charge in [0.25, 0.3) is 5.56 Å². The average molecular weight is 373 g/mol. The average Bonchev–Trinajstić information content (AvgIpc) is 3.08. The lowest BCUT2D eigenvalue weighted by molar-refractivity contribution is 0.474. The monoisotopic (exact) mass is 373 g/mol. The van der Waals surface area contributed by atoms with Crippen LogP contribution in [0.1, 0.15) is 35.6 Å². The van der Waals surface area contributed by atoms with Crippen molar-refractivity contribution in [1.29, 1.82) is 0 Å². The smallest absolute Gasteiger partial charge is 0.282 e. The molecule has 2 aromatic carbocycles. The highest BCUT2D eigenvalue weighted by atomic mass is 16.3. The number of hydrogen-bond acceptors (Lipinski definition) is 5. The van der Waals surface area contributed by atoms with Crippen molar-refractivity contribution in [2.24, 2.45) is 5.10 Å². The molecule has 2 aromatic heterocycles. The summed E-state index contributed by atoms with van der Waals surface area (Å²) < 4.78 is 7.26. The number of aromatic hydroxyl groups is 1. The minimum absolute atomic E-state index is 0.116. The van der Waals surface area contributed by atoms with E-state index in [2.05, 4.69) is 10.1 Å². The molecule has 6 nitrogen and oxygen atoms in total. The van der Waals surface area contributed by atoms with Crippen molar-refractivity contribution in [2.75, 3.05) is 0 Å². The third kappa shape index (κ3) is 2.52. The van der Waals surface area contributed by atoms with Gasteiger partial charge < -0.3 is 9.52 Å². The van der Waals surface area contributed by atoms with Crippen LogP contribution in [0, 0.1) is 6.92 Å². The van der Waals surface area contributed by atoms with E-state index in [1.807, 2.05) is 12.1 Å². The maximum Gasteiger partial charge on any atom is 0.282 e. The van der Waals surface area contributed by atoms with Crippen molar-refractivity contribution < 1.29 is 9.52 Å². The van der Waals surface area contributed by atoms with Crippen molar-refractivity contribution >= 4 is 28.1 Å². The molecule has 0 unspecified atom stereocenters. The van der Waals surface area contributed by atoms with E-state index in [0.29, 0.717) is 22.3 Å². The van der Waals surface area contributed by atoms with Crippen molar-refractivity contribution in [3.63, 3.8) is 0 Å². The van der Waals surface area contributed by atoms with Crippen molar-refractivity contribution in [2.45, 2.75) is 32.6 Å². The highest BCUT2D eigenvalue weighted by Gasteiger charge is 2.21. The number of hydrogen-bond donors (Lipinski definition) is 1. The summed E-state index contributed by atoms with van der Waals surface area (Å²) in [5.74, 6) is 1.59. The quantitative estimate of drug-likeness (QED) is 0.540. The predicted molar refractivity (Wildman–Crippen MR) is 108 cm³/mol. The molecule has 140 valence electrons. The summed E-state index contributed by atoms with van der Waals surface area (Å²) in [6.45, 7) is 1.74. The minimum Gasteiger partial charge on any atom is -0.507 e. The second kappa shape index (κ2) is 6.34. The lowest BCUT2D eigenvalue weighted by Gasteiger charge is -2.10. The van der Waals surface area contributed by atoms with E-state index >= 15 is 0 Å². The Bertz CT molecular complexity index is 1310. The Labute approximate surface area is 160 Å². The minimum atomic E-state index is -0.236. The first-order chi connectivity index (χ1) is 13.6. The van der Waals surface area contributed by atoms with Crippen molar-refractivity contribution in [3.05, 3.63) is 69.5 Å². The molecule has 5 rings (SSSR count). The van der Waals surface area contributed by atoms with Gasteiger partial charge in [0.2, 0.25) is 0 Å². The SMILES string of the molecule is Cc1nc2ccccc2c(=O)n1/N=C\c1c(O)ccc2oc3c(c12)CCCC3. The van der Waals surface area contributed by atoms with E-state index in [1.165, 1.54) is 10.9 Å². The second-order valence-corrected chi connectivity index (χ2v) is 7.12.